The van der Waals surface area contributed by atoms with Gasteiger partial charge in [-0.05, 0) is 96.1 Å². The van der Waals surface area contributed by atoms with E-state index in [1.807, 2.05) is 38.1 Å². The van der Waals surface area contributed by atoms with Gasteiger partial charge in [0.1, 0.15) is 24.7 Å². The number of ether oxygens (including phenoxy) is 2. The molecule has 1 aliphatic carbocycles. The molecule has 44 heavy (non-hydrogen) atoms. The van der Waals surface area contributed by atoms with Gasteiger partial charge in [0.05, 0.1) is 0 Å². The standard InChI is InChI=1S/C21H30O.C19H24O.C2H6/c1-7-21(5,6)14-9-8-11-17(2)16-22-20-13-10-12-18(3)19(4)15-20;1-14-9-8-12-18(15(14)2)20-13-16-10-6-7-11-17(16)19(3,4)5;1-2/h8-12,14-15H,2,7,13,16H2,1,3-6H3;6-12H,13H2,1-5H3;1-2H3/b11-8-,14-9-;;. The van der Waals surface area contributed by atoms with Crippen molar-refractivity contribution in [2.45, 2.75) is 108 Å². The summed E-state index contributed by atoms with van der Waals surface area (Å²) in [5.41, 5.74) is 9.03. The molecule has 0 spiro atoms. The van der Waals surface area contributed by atoms with Crippen LogP contribution in [0.1, 0.15) is 104 Å². The Labute approximate surface area is 271 Å². The minimum absolute atomic E-state index is 0.140. The summed E-state index contributed by atoms with van der Waals surface area (Å²) < 4.78 is 11.9. The van der Waals surface area contributed by atoms with Gasteiger partial charge in [-0.15, -0.1) is 0 Å². The van der Waals surface area contributed by atoms with Crippen molar-refractivity contribution in [1.29, 1.82) is 0 Å². The highest BCUT2D eigenvalue weighted by atomic mass is 16.5. The highest BCUT2D eigenvalue weighted by Gasteiger charge is 2.17. The summed E-state index contributed by atoms with van der Waals surface area (Å²) >= 11 is 0. The maximum atomic E-state index is 6.04. The molecule has 0 saturated carbocycles. The van der Waals surface area contributed by atoms with Crippen molar-refractivity contribution in [3.63, 3.8) is 0 Å². The second-order valence-corrected chi connectivity index (χ2v) is 13.0. The van der Waals surface area contributed by atoms with Crippen LogP contribution in [0.2, 0.25) is 0 Å². The quantitative estimate of drug-likeness (QED) is 0.254. The van der Waals surface area contributed by atoms with E-state index in [9.17, 15) is 0 Å². The Morgan fingerprint density at radius 1 is 0.864 bits per heavy atom. The molecule has 0 aliphatic heterocycles. The largest absolute Gasteiger partial charge is 0.493 e. The summed E-state index contributed by atoms with van der Waals surface area (Å²) in [4.78, 5) is 0. The molecule has 2 aromatic carbocycles. The molecule has 2 aromatic rings. The molecular formula is C42H60O2. The van der Waals surface area contributed by atoms with E-state index in [2.05, 4.69) is 137 Å². The first-order valence-electron chi connectivity index (χ1n) is 16.2. The Kier molecular flexibility index (Phi) is 16.6. The van der Waals surface area contributed by atoms with E-state index in [1.54, 1.807) is 0 Å². The topological polar surface area (TPSA) is 18.5 Å². The zero-order valence-corrected chi connectivity index (χ0v) is 29.9. The molecule has 240 valence electrons. The summed E-state index contributed by atoms with van der Waals surface area (Å²) in [7, 11) is 0. The smallest absolute Gasteiger partial charge is 0.122 e. The number of aryl methyl sites for hydroxylation is 1. The van der Waals surface area contributed by atoms with Crippen LogP contribution in [0.5, 0.6) is 5.75 Å². The Morgan fingerprint density at radius 3 is 2.20 bits per heavy atom. The van der Waals surface area contributed by atoms with Gasteiger partial charge in [0.15, 0.2) is 0 Å². The van der Waals surface area contributed by atoms with E-state index in [-0.39, 0.29) is 10.8 Å². The van der Waals surface area contributed by atoms with Crippen LogP contribution in [-0.4, -0.2) is 6.61 Å². The lowest BCUT2D eigenvalue weighted by Gasteiger charge is -2.23. The van der Waals surface area contributed by atoms with Gasteiger partial charge in [0, 0.05) is 6.42 Å². The first kappa shape index (κ1) is 38.5. The average molecular weight is 597 g/mol. The van der Waals surface area contributed by atoms with Gasteiger partial charge in [0.25, 0.3) is 0 Å². The van der Waals surface area contributed by atoms with Crippen LogP contribution < -0.4 is 4.74 Å². The van der Waals surface area contributed by atoms with Crippen LogP contribution in [0.15, 0.2) is 114 Å². The van der Waals surface area contributed by atoms with Crippen LogP contribution in [0.3, 0.4) is 0 Å². The zero-order chi connectivity index (χ0) is 33.3. The van der Waals surface area contributed by atoms with E-state index in [1.165, 1.54) is 33.4 Å². The SMILES string of the molecule is C=C(/C=C\C=C/C(C)(C)CC)COC1=CC(C)=C(C)C=CC1.CC.Cc1cccc(OCc2ccccc2C(C)(C)C)c1C. The van der Waals surface area contributed by atoms with Crippen LogP contribution in [0.4, 0.5) is 0 Å². The van der Waals surface area contributed by atoms with Crippen molar-refractivity contribution in [3.8, 4) is 5.75 Å². The van der Waals surface area contributed by atoms with Crippen molar-refractivity contribution >= 4 is 0 Å². The Morgan fingerprint density at radius 2 is 1.55 bits per heavy atom. The lowest BCUT2D eigenvalue weighted by molar-refractivity contribution is 0.237. The molecular weight excluding hydrogens is 536 g/mol. The molecule has 0 bridgehead atoms. The molecule has 0 saturated heterocycles. The van der Waals surface area contributed by atoms with Gasteiger partial charge in [0.2, 0.25) is 0 Å². The molecule has 1 aliphatic rings. The second-order valence-electron chi connectivity index (χ2n) is 13.0. The molecule has 0 amide bonds. The minimum atomic E-state index is 0.140. The predicted octanol–water partition coefficient (Wildman–Crippen LogP) is 12.5. The number of benzene rings is 2. The summed E-state index contributed by atoms with van der Waals surface area (Å²) in [6, 6.07) is 14.7. The Hall–Kier alpha value is -3.52. The van der Waals surface area contributed by atoms with E-state index >= 15 is 0 Å². The number of hydrogen-bond donors (Lipinski definition) is 0. The van der Waals surface area contributed by atoms with E-state index in [0.29, 0.717) is 13.2 Å². The fourth-order valence-electron chi connectivity index (χ4n) is 4.27. The Balaban J connectivity index is 0.000000418. The molecule has 0 N–H and O–H groups in total. The van der Waals surface area contributed by atoms with Crippen molar-refractivity contribution in [3.05, 3.63) is 136 Å². The summed E-state index contributed by atoms with van der Waals surface area (Å²) in [6.07, 6.45) is 16.8. The van der Waals surface area contributed by atoms with Gasteiger partial charge in [-0.2, -0.15) is 0 Å². The van der Waals surface area contributed by atoms with Crippen molar-refractivity contribution < 1.29 is 9.47 Å². The van der Waals surface area contributed by atoms with Crippen molar-refractivity contribution in [1.82, 2.24) is 0 Å². The first-order chi connectivity index (χ1) is 20.7. The van der Waals surface area contributed by atoms with Gasteiger partial charge < -0.3 is 9.47 Å². The average Bonchev–Trinajstić information content (AvgIpc) is 3.15. The molecule has 0 heterocycles. The maximum Gasteiger partial charge on any atom is 0.122 e. The third-order valence-corrected chi connectivity index (χ3v) is 7.79. The van der Waals surface area contributed by atoms with Gasteiger partial charge in [-0.25, -0.2) is 0 Å². The molecule has 2 nitrogen and oxygen atoms in total. The number of allylic oxidation sites excluding steroid dienone is 8. The summed E-state index contributed by atoms with van der Waals surface area (Å²) in [5.74, 6) is 1.98. The van der Waals surface area contributed by atoms with E-state index < -0.39 is 0 Å². The van der Waals surface area contributed by atoms with Gasteiger partial charge in [-0.3, -0.25) is 0 Å². The third-order valence-electron chi connectivity index (χ3n) is 7.79. The lowest BCUT2D eigenvalue weighted by atomic mass is 9.84. The monoisotopic (exact) mass is 596 g/mol. The van der Waals surface area contributed by atoms with Crippen molar-refractivity contribution in [2.24, 2.45) is 5.41 Å². The molecule has 3 rings (SSSR count). The predicted molar refractivity (Wildman–Crippen MR) is 194 cm³/mol. The van der Waals surface area contributed by atoms with Crippen LogP contribution in [-0.2, 0) is 16.8 Å². The third kappa shape index (κ3) is 13.8. The summed E-state index contributed by atoms with van der Waals surface area (Å²) in [5, 5.41) is 0. The van der Waals surface area contributed by atoms with Crippen LogP contribution in [0.25, 0.3) is 0 Å². The second kappa shape index (κ2) is 19.0. The number of hydrogen-bond acceptors (Lipinski definition) is 2. The van der Waals surface area contributed by atoms with Crippen molar-refractivity contribution in [2.75, 3.05) is 6.61 Å². The normalized spacial score (nSPS) is 13.5. The van der Waals surface area contributed by atoms with Crippen LogP contribution in [0, 0.1) is 19.3 Å². The Bertz CT molecular complexity index is 1340. The molecule has 0 atom stereocenters. The number of rotatable bonds is 10. The highest BCUT2D eigenvalue weighted by Crippen LogP contribution is 2.28. The molecule has 0 unspecified atom stereocenters. The van der Waals surface area contributed by atoms with E-state index in [0.717, 1.165) is 29.9 Å². The molecule has 2 heteroatoms. The molecule has 0 fully saturated rings. The zero-order valence-electron chi connectivity index (χ0n) is 29.9. The first-order valence-corrected chi connectivity index (χ1v) is 16.2. The fraction of sp³-hybridized carbons (Fsp3) is 0.429. The minimum Gasteiger partial charge on any atom is -0.493 e. The highest BCUT2D eigenvalue weighted by molar-refractivity contribution is 5.39. The van der Waals surface area contributed by atoms with Gasteiger partial charge in [-0.1, -0.05) is 135 Å². The molecule has 0 radical (unpaired) electrons. The fourth-order valence-corrected chi connectivity index (χ4v) is 4.27. The van der Waals surface area contributed by atoms with Crippen LogP contribution >= 0.6 is 0 Å². The van der Waals surface area contributed by atoms with Gasteiger partial charge >= 0.3 is 0 Å². The maximum absolute atomic E-state index is 6.04. The van der Waals surface area contributed by atoms with E-state index in [4.69, 9.17) is 9.47 Å². The molecule has 0 aromatic heterocycles. The lowest BCUT2D eigenvalue weighted by Crippen LogP contribution is -2.15. The summed E-state index contributed by atoms with van der Waals surface area (Å²) in [6.45, 7) is 31.1.